The van der Waals surface area contributed by atoms with Gasteiger partial charge in [0.15, 0.2) is 0 Å². The van der Waals surface area contributed by atoms with Crippen LogP contribution in [0.15, 0.2) is 46.9 Å². The van der Waals surface area contributed by atoms with Crippen LogP contribution in [-0.2, 0) is 4.79 Å². The zero-order chi connectivity index (χ0) is 17.8. The first-order valence-electron chi connectivity index (χ1n) is 8.03. The summed E-state index contributed by atoms with van der Waals surface area (Å²) < 4.78 is 14.4. The van der Waals surface area contributed by atoms with Gasteiger partial charge >= 0.3 is 0 Å². The summed E-state index contributed by atoms with van der Waals surface area (Å²) in [5.74, 6) is -0.441. The Morgan fingerprint density at radius 1 is 1.16 bits per heavy atom. The first-order chi connectivity index (χ1) is 12.0. The molecule has 0 aliphatic carbocycles. The summed E-state index contributed by atoms with van der Waals surface area (Å²) in [7, 11) is 0. The molecule has 0 radical (unpaired) electrons. The zero-order valence-corrected chi connectivity index (χ0v) is 15.2. The summed E-state index contributed by atoms with van der Waals surface area (Å²) >= 11 is 3.19. The average Bonchev–Trinajstić information content (AvgIpc) is 2.59. The van der Waals surface area contributed by atoms with Crippen molar-refractivity contribution >= 4 is 33.2 Å². The molecule has 1 fully saturated rings. The standard InChI is InChI=1S/C18H19BrFN3O2/c19-13-5-6-15(14(20)11-13)21-18(25)12-22-7-9-23(10-8-22)16-3-1-2-4-17(16)24/h1-6,11,24H,7-10,12H2,(H,21,25). The lowest BCUT2D eigenvalue weighted by Crippen LogP contribution is -2.48. The van der Waals surface area contributed by atoms with Gasteiger partial charge in [-0.1, -0.05) is 28.1 Å². The highest BCUT2D eigenvalue weighted by Crippen LogP contribution is 2.27. The van der Waals surface area contributed by atoms with Gasteiger partial charge < -0.3 is 15.3 Å². The number of hydrogen-bond donors (Lipinski definition) is 2. The lowest BCUT2D eigenvalue weighted by atomic mass is 10.2. The van der Waals surface area contributed by atoms with Crippen LogP contribution in [0.2, 0.25) is 0 Å². The number of phenolic OH excluding ortho intramolecular Hbond substituents is 1. The highest BCUT2D eigenvalue weighted by Gasteiger charge is 2.21. The SMILES string of the molecule is O=C(CN1CCN(c2ccccc2O)CC1)Nc1ccc(Br)cc1F. The summed E-state index contributed by atoms with van der Waals surface area (Å²) in [5.41, 5.74) is 0.990. The van der Waals surface area contributed by atoms with Crippen molar-refractivity contribution in [2.75, 3.05) is 42.9 Å². The summed E-state index contributed by atoms with van der Waals surface area (Å²) in [6.45, 7) is 3.05. The second kappa shape index (κ2) is 7.84. The van der Waals surface area contributed by atoms with Crippen LogP contribution in [0.1, 0.15) is 0 Å². The maximum absolute atomic E-state index is 13.8. The number of nitrogens with one attached hydrogen (secondary N) is 1. The van der Waals surface area contributed by atoms with Crippen molar-refractivity contribution in [2.45, 2.75) is 0 Å². The first kappa shape index (κ1) is 17.7. The van der Waals surface area contributed by atoms with Gasteiger partial charge in [0.2, 0.25) is 5.91 Å². The summed E-state index contributed by atoms with van der Waals surface area (Å²) in [6, 6.07) is 11.8. The van der Waals surface area contributed by atoms with Crippen molar-refractivity contribution < 1.29 is 14.3 Å². The molecule has 1 aliphatic rings. The van der Waals surface area contributed by atoms with Crippen molar-refractivity contribution in [3.8, 4) is 5.75 Å². The number of para-hydroxylation sites is 2. The van der Waals surface area contributed by atoms with Gasteiger partial charge in [0, 0.05) is 30.7 Å². The van der Waals surface area contributed by atoms with E-state index in [0.717, 1.165) is 18.8 Å². The molecule has 0 unspecified atom stereocenters. The van der Waals surface area contributed by atoms with Gasteiger partial charge in [-0.05, 0) is 30.3 Å². The molecule has 132 valence electrons. The minimum atomic E-state index is -0.466. The number of carbonyl (C=O) groups is 1. The largest absolute Gasteiger partial charge is 0.506 e. The van der Waals surface area contributed by atoms with Gasteiger partial charge in [0.25, 0.3) is 0 Å². The van der Waals surface area contributed by atoms with E-state index in [4.69, 9.17) is 0 Å². The molecule has 0 spiro atoms. The number of nitrogens with zero attached hydrogens (tertiary/aromatic N) is 2. The van der Waals surface area contributed by atoms with E-state index in [-0.39, 0.29) is 23.9 Å². The molecule has 0 bridgehead atoms. The van der Waals surface area contributed by atoms with E-state index in [1.807, 2.05) is 17.0 Å². The number of phenols is 1. The van der Waals surface area contributed by atoms with E-state index in [9.17, 15) is 14.3 Å². The number of anilines is 2. The van der Waals surface area contributed by atoms with Crippen molar-refractivity contribution in [1.29, 1.82) is 0 Å². The highest BCUT2D eigenvalue weighted by molar-refractivity contribution is 9.10. The Labute approximate surface area is 154 Å². The van der Waals surface area contributed by atoms with Crippen LogP contribution >= 0.6 is 15.9 Å². The number of piperazine rings is 1. The molecule has 5 nitrogen and oxygen atoms in total. The normalized spacial score (nSPS) is 15.2. The monoisotopic (exact) mass is 407 g/mol. The Balaban J connectivity index is 1.52. The van der Waals surface area contributed by atoms with Gasteiger partial charge in [0.1, 0.15) is 11.6 Å². The van der Waals surface area contributed by atoms with E-state index >= 15 is 0 Å². The minimum Gasteiger partial charge on any atom is -0.506 e. The quantitative estimate of drug-likeness (QED) is 0.817. The lowest BCUT2D eigenvalue weighted by Gasteiger charge is -2.35. The topological polar surface area (TPSA) is 55.8 Å². The maximum atomic E-state index is 13.8. The third-order valence-electron chi connectivity index (χ3n) is 4.17. The fourth-order valence-corrected chi connectivity index (χ4v) is 3.20. The van der Waals surface area contributed by atoms with Gasteiger partial charge in [-0.15, -0.1) is 0 Å². The molecule has 3 rings (SSSR count). The number of hydrogen-bond acceptors (Lipinski definition) is 4. The Hall–Kier alpha value is -2.12. The van der Waals surface area contributed by atoms with Crippen molar-refractivity contribution in [1.82, 2.24) is 4.90 Å². The molecule has 1 aliphatic heterocycles. The predicted molar refractivity (Wildman–Crippen MR) is 99.5 cm³/mol. The van der Waals surface area contributed by atoms with Crippen LogP contribution in [-0.4, -0.2) is 48.6 Å². The fourth-order valence-electron chi connectivity index (χ4n) is 2.86. The van der Waals surface area contributed by atoms with Crippen molar-refractivity contribution in [3.63, 3.8) is 0 Å². The second-order valence-corrected chi connectivity index (χ2v) is 6.84. The molecule has 2 N–H and O–H groups in total. The molecule has 2 aromatic rings. The van der Waals surface area contributed by atoms with Crippen LogP contribution in [0.3, 0.4) is 0 Å². The number of carbonyl (C=O) groups excluding carboxylic acids is 1. The molecule has 0 saturated carbocycles. The molecule has 25 heavy (non-hydrogen) atoms. The van der Waals surface area contributed by atoms with Crippen molar-refractivity contribution in [2.24, 2.45) is 0 Å². The third-order valence-corrected chi connectivity index (χ3v) is 4.66. The zero-order valence-electron chi connectivity index (χ0n) is 13.6. The summed E-state index contributed by atoms with van der Waals surface area (Å²) in [4.78, 5) is 16.3. The predicted octanol–water partition coefficient (Wildman–Crippen LogP) is 3.05. The second-order valence-electron chi connectivity index (χ2n) is 5.92. The van der Waals surface area contributed by atoms with Crippen LogP contribution in [0.5, 0.6) is 5.75 Å². The molecular formula is C18H19BrFN3O2. The van der Waals surface area contributed by atoms with Gasteiger partial charge in [-0.3, -0.25) is 9.69 Å². The lowest BCUT2D eigenvalue weighted by molar-refractivity contribution is -0.117. The van der Waals surface area contributed by atoms with Gasteiger partial charge in [-0.2, -0.15) is 0 Å². The highest BCUT2D eigenvalue weighted by atomic mass is 79.9. The van der Waals surface area contributed by atoms with Crippen LogP contribution in [0.25, 0.3) is 0 Å². The smallest absolute Gasteiger partial charge is 0.238 e. The maximum Gasteiger partial charge on any atom is 0.238 e. The van der Waals surface area contributed by atoms with E-state index < -0.39 is 5.82 Å². The average molecular weight is 408 g/mol. The summed E-state index contributed by atoms with van der Waals surface area (Å²) in [6.07, 6.45) is 0. The van der Waals surface area contributed by atoms with E-state index in [1.165, 1.54) is 12.1 Å². The number of halogens is 2. The number of benzene rings is 2. The molecule has 1 amide bonds. The number of rotatable bonds is 4. The van der Waals surface area contributed by atoms with Gasteiger partial charge in [-0.25, -0.2) is 4.39 Å². The van der Waals surface area contributed by atoms with E-state index in [2.05, 4.69) is 26.1 Å². The molecule has 1 saturated heterocycles. The molecule has 2 aromatic carbocycles. The third kappa shape index (κ3) is 4.49. The first-order valence-corrected chi connectivity index (χ1v) is 8.82. The number of aromatic hydroxyl groups is 1. The Kier molecular flexibility index (Phi) is 5.55. The molecule has 1 heterocycles. The van der Waals surface area contributed by atoms with Crippen LogP contribution < -0.4 is 10.2 Å². The van der Waals surface area contributed by atoms with E-state index in [0.29, 0.717) is 17.6 Å². The Morgan fingerprint density at radius 2 is 1.88 bits per heavy atom. The molecular weight excluding hydrogens is 389 g/mol. The number of amides is 1. The fraction of sp³-hybridized carbons (Fsp3) is 0.278. The summed E-state index contributed by atoms with van der Waals surface area (Å²) in [5, 5.41) is 12.5. The Morgan fingerprint density at radius 3 is 2.56 bits per heavy atom. The van der Waals surface area contributed by atoms with Crippen LogP contribution in [0.4, 0.5) is 15.8 Å². The molecule has 0 aromatic heterocycles. The molecule has 0 atom stereocenters. The van der Waals surface area contributed by atoms with Gasteiger partial charge in [0.05, 0.1) is 17.9 Å². The van der Waals surface area contributed by atoms with E-state index in [1.54, 1.807) is 18.2 Å². The van der Waals surface area contributed by atoms with Crippen molar-refractivity contribution in [3.05, 3.63) is 52.8 Å². The Bertz CT molecular complexity index is 764. The molecule has 7 heteroatoms. The van der Waals surface area contributed by atoms with Crippen LogP contribution in [0, 0.1) is 5.82 Å². The minimum absolute atomic E-state index is 0.182.